The van der Waals surface area contributed by atoms with E-state index >= 15 is 0 Å². The van der Waals surface area contributed by atoms with E-state index in [-0.39, 0.29) is 29.2 Å². The molecule has 21 heavy (non-hydrogen) atoms. The Balaban J connectivity index is 2.84. The second-order valence-electron chi connectivity index (χ2n) is 6.20. The fourth-order valence-corrected chi connectivity index (χ4v) is 3.42. The van der Waals surface area contributed by atoms with Crippen molar-refractivity contribution in [2.75, 3.05) is 6.54 Å². The van der Waals surface area contributed by atoms with Gasteiger partial charge in [0, 0.05) is 25.1 Å². The highest BCUT2D eigenvalue weighted by atomic mass is 32.2. The van der Waals surface area contributed by atoms with Gasteiger partial charge in [-0.2, -0.15) is 0 Å². The number of carboxylic acid groups (broad SMARTS) is 1. The Morgan fingerprint density at radius 2 is 2.00 bits per heavy atom. The molecule has 6 nitrogen and oxygen atoms in total. The first-order valence-electron chi connectivity index (χ1n) is 6.88. The molecule has 1 unspecified atom stereocenters. The molecular formula is C14H23NO5S. The molecule has 0 aliphatic carbocycles. The average molecular weight is 317 g/mol. The maximum absolute atomic E-state index is 12.1. The minimum absolute atomic E-state index is 0.0690. The Labute approximate surface area is 129 Å². The van der Waals surface area contributed by atoms with E-state index < -0.39 is 23.7 Å². The van der Waals surface area contributed by atoms with Crippen LogP contribution < -0.4 is 0 Å². The number of hydrogen-bond donors (Lipinski definition) is 1. The standard InChI is InChI=1S/C14H23NO5S/c1-8(20-14(3,4)5)12(13(18)19)15-7-10(6-11(15)17)21-9(2)16/h8,10,12H,6-7H2,1-5H3,(H,18,19)/t8-,10?,12+/m0/s1. The predicted octanol–water partition coefficient (Wildman–Crippen LogP) is 1.52. The van der Waals surface area contributed by atoms with Crippen LogP contribution in [0, 0.1) is 0 Å². The molecule has 120 valence electrons. The van der Waals surface area contributed by atoms with Crippen LogP contribution in [0.1, 0.15) is 41.0 Å². The molecule has 1 N–H and O–H groups in total. The summed E-state index contributed by atoms with van der Waals surface area (Å²) in [5.41, 5.74) is -0.497. The first-order valence-corrected chi connectivity index (χ1v) is 7.76. The molecule has 0 aromatic rings. The van der Waals surface area contributed by atoms with Crippen LogP contribution in [0.15, 0.2) is 0 Å². The Morgan fingerprint density at radius 3 is 2.43 bits per heavy atom. The van der Waals surface area contributed by atoms with Gasteiger partial charge < -0.3 is 14.7 Å². The van der Waals surface area contributed by atoms with Crippen molar-refractivity contribution in [2.45, 2.75) is 64.0 Å². The van der Waals surface area contributed by atoms with Gasteiger partial charge in [-0.25, -0.2) is 4.79 Å². The van der Waals surface area contributed by atoms with E-state index in [0.717, 1.165) is 11.8 Å². The van der Waals surface area contributed by atoms with Crippen LogP contribution in [0.3, 0.4) is 0 Å². The Hall–Kier alpha value is -1.08. The van der Waals surface area contributed by atoms with Crippen LogP contribution in [0.5, 0.6) is 0 Å². The summed E-state index contributed by atoms with van der Waals surface area (Å²) in [5, 5.41) is 9.19. The molecule has 1 amide bonds. The molecule has 1 heterocycles. The second-order valence-corrected chi connectivity index (χ2v) is 7.68. The lowest BCUT2D eigenvalue weighted by Crippen LogP contribution is -2.51. The Kier molecular flexibility index (Phi) is 5.81. The zero-order chi connectivity index (χ0) is 16.4. The third-order valence-corrected chi connectivity index (χ3v) is 4.01. The zero-order valence-corrected chi connectivity index (χ0v) is 13.9. The smallest absolute Gasteiger partial charge is 0.329 e. The topological polar surface area (TPSA) is 83.9 Å². The molecule has 1 aliphatic heterocycles. The fraction of sp³-hybridized carbons (Fsp3) is 0.786. The number of likely N-dealkylation sites (tertiary alicyclic amines) is 1. The summed E-state index contributed by atoms with van der Waals surface area (Å²) >= 11 is 1.09. The van der Waals surface area contributed by atoms with Crippen LogP contribution in [0.4, 0.5) is 0 Å². The van der Waals surface area contributed by atoms with E-state index in [1.807, 2.05) is 20.8 Å². The average Bonchev–Trinajstić information content (AvgIpc) is 2.55. The molecular weight excluding hydrogens is 294 g/mol. The minimum atomic E-state index is -1.09. The maximum Gasteiger partial charge on any atom is 0.329 e. The third kappa shape index (κ3) is 5.32. The van der Waals surface area contributed by atoms with Crippen molar-refractivity contribution in [2.24, 2.45) is 0 Å². The number of nitrogens with zero attached hydrogens (tertiary/aromatic N) is 1. The number of amides is 1. The molecule has 0 aromatic carbocycles. The summed E-state index contributed by atoms with van der Waals surface area (Å²) < 4.78 is 5.69. The monoisotopic (exact) mass is 317 g/mol. The van der Waals surface area contributed by atoms with Crippen molar-refractivity contribution >= 4 is 28.8 Å². The van der Waals surface area contributed by atoms with Crippen LogP contribution in [-0.2, 0) is 19.1 Å². The molecule has 1 aliphatic rings. The lowest BCUT2D eigenvalue weighted by molar-refractivity contribution is -0.160. The summed E-state index contributed by atoms with van der Waals surface area (Å²) in [6, 6.07) is -1.03. The molecule has 1 fully saturated rings. The highest BCUT2D eigenvalue weighted by Gasteiger charge is 2.42. The molecule has 1 saturated heterocycles. The SMILES string of the molecule is CC(=O)SC1CC(=O)N([C@@H](C(=O)O)[C@H](C)OC(C)(C)C)C1. The quantitative estimate of drug-likeness (QED) is 0.828. The largest absolute Gasteiger partial charge is 0.480 e. The lowest BCUT2D eigenvalue weighted by atomic mass is 10.1. The number of carbonyl (C=O) groups is 3. The van der Waals surface area contributed by atoms with Gasteiger partial charge >= 0.3 is 5.97 Å². The van der Waals surface area contributed by atoms with Crippen LogP contribution >= 0.6 is 11.8 Å². The van der Waals surface area contributed by atoms with E-state index in [1.165, 1.54) is 11.8 Å². The lowest BCUT2D eigenvalue weighted by Gasteiger charge is -2.33. The summed E-state index contributed by atoms with van der Waals surface area (Å²) in [7, 11) is 0. The van der Waals surface area contributed by atoms with E-state index in [0.29, 0.717) is 0 Å². The molecule has 0 saturated carbocycles. The summed E-state index contributed by atoms with van der Waals surface area (Å²) in [6.07, 6.45) is -0.441. The van der Waals surface area contributed by atoms with Gasteiger partial charge in [0.2, 0.25) is 5.91 Å². The van der Waals surface area contributed by atoms with E-state index in [4.69, 9.17) is 4.74 Å². The van der Waals surface area contributed by atoms with Gasteiger partial charge in [-0.05, 0) is 27.7 Å². The molecule has 0 spiro atoms. The highest BCUT2D eigenvalue weighted by Crippen LogP contribution is 2.28. The fourth-order valence-electron chi connectivity index (χ4n) is 2.49. The number of rotatable bonds is 5. The van der Waals surface area contributed by atoms with Gasteiger partial charge in [0.25, 0.3) is 0 Å². The van der Waals surface area contributed by atoms with Crippen LogP contribution in [0.25, 0.3) is 0 Å². The van der Waals surface area contributed by atoms with Gasteiger partial charge in [0.05, 0.1) is 11.7 Å². The molecule has 3 atom stereocenters. The number of carbonyl (C=O) groups excluding carboxylic acids is 2. The molecule has 1 rings (SSSR count). The van der Waals surface area contributed by atoms with Crippen LogP contribution in [0.2, 0.25) is 0 Å². The number of aliphatic carboxylic acids is 1. The second kappa shape index (κ2) is 6.79. The predicted molar refractivity (Wildman–Crippen MR) is 80.1 cm³/mol. The molecule has 0 bridgehead atoms. The maximum atomic E-state index is 12.1. The van der Waals surface area contributed by atoms with E-state index in [1.54, 1.807) is 6.92 Å². The van der Waals surface area contributed by atoms with Crippen molar-refractivity contribution in [1.29, 1.82) is 0 Å². The minimum Gasteiger partial charge on any atom is -0.480 e. The number of hydrogen-bond acceptors (Lipinski definition) is 5. The molecule has 0 aromatic heterocycles. The zero-order valence-electron chi connectivity index (χ0n) is 13.1. The Bertz CT molecular complexity index is 432. The van der Waals surface area contributed by atoms with Gasteiger partial charge in [-0.3, -0.25) is 9.59 Å². The molecule has 0 radical (unpaired) electrons. The summed E-state index contributed by atoms with van der Waals surface area (Å²) in [4.78, 5) is 36.1. The van der Waals surface area contributed by atoms with Gasteiger partial charge in [0.1, 0.15) is 0 Å². The number of thioether (sulfide) groups is 1. The van der Waals surface area contributed by atoms with Gasteiger partial charge in [-0.15, -0.1) is 0 Å². The first-order chi connectivity index (χ1) is 9.51. The van der Waals surface area contributed by atoms with Gasteiger partial charge in [0.15, 0.2) is 11.2 Å². The summed E-state index contributed by atoms with van der Waals surface area (Å²) in [5.74, 6) is -1.33. The van der Waals surface area contributed by atoms with Gasteiger partial charge in [-0.1, -0.05) is 11.8 Å². The van der Waals surface area contributed by atoms with Crippen molar-refractivity contribution in [3.8, 4) is 0 Å². The van der Waals surface area contributed by atoms with Crippen molar-refractivity contribution in [1.82, 2.24) is 4.90 Å². The first kappa shape index (κ1) is 18.0. The normalized spacial score (nSPS) is 22.2. The number of ether oxygens (including phenoxy) is 1. The van der Waals surface area contributed by atoms with E-state index in [9.17, 15) is 19.5 Å². The van der Waals surface area contributed by atoms with Crippen molar-refractivity contribution in [3.63, 3.8) is 0 Å². The van der Waals surface area contributed by atoms with Crippen LogP contribution in [-0.4, -0.2) is 56.5 Å². The Morgan fingerprint density at radius 1 is 1.43 bits per heavy atom. The molecule has 7 heteroatoms. The third-order valence-electron chi connectivity index (χ3n) is 3.03. The van der Waals surface area contributed by atoms with E-state index in [2.05, 4.69) is 0 Å². The van der Waals surface area contributed by atoms with Crippen molar-refractivity contribution < 1.29 is 24.2 Å². The summed E-state index contributed by atoms with van der Waals surface area (Å²) in [6.45, 7) is 8.87. The number of carboxylic acids is 1. The highest BCUT2D eigenvalue weighted by molar-refractivity contribution is 8.14. The van der Waals surface area contributed by atoms with Crippen molar-refractivity contribution in [3.05, 3.63) is 0 Å².